The minimum atomic E-state index is -3.72. The molecule has 9 nitrogen and oxygen atoms in total. The molecule has 1 N–H and O–H groups in total. The number of benzene rings is 1. The number of anilines is 1. The van der Waals surface area contributed by atoms with Crippen LogP contribution in [-0.4, -0.2) is 76.0 Å². The fraction of sp³-hybridized carbons (Fsp3) is 0.632. The lowest BCUT2D eigenvalue weighted by atomic mass is 10.2. The Morgan fingerprint density at radius 2 is 1.87 bits per heavy atom. The van der Waals surface area contributed by atoms with Gasteiger partial charge in [0.1, 0.15) is 6.04 Å². The van der Waals surface area contributed by atoms with Crippen molar-refractivity contribution in [1.82, 2.24) is 8.61 Å². The third-order valence-corrected chi connectivity index (χ3v) is 9.49. The number of amides is 1. The van der Waals surface area contributed by atoms with Crippen LogP contribution in [0.15, 0.2) is 23.1 Å². The van der Waals surface area contributed by atoms with Crippen LogP contribution < -0.4 is 5.32 Å². The molecular weight excluding hydrogens is 430 g/mol. The molecule has 2 aliphatic heterocycles. The van der Waals surface area contributed by atoms with Gasteiger partial charge < -0.3 is 10.1 Å². The average Bonchev–Trinajstić information content (AvgIpc) is 3.21. The summed E-state index contributed by atoms with van der Waals surface area (Å²) in [6, 6.07) is 3.94. The zero-order valence-electron chi connectivity index (χ0n) is 17.3. The molecule has 0 saturated carbocycles. The molecule has 168 valence electrons. The van der Waals surface area contributed by atoms with E-state index in [4.69, 9.17) is 4.74 Å². The van der Waals surface area contributed by atoms with E-state index < -0.39 is 32.0 Å². The summed E-state index contributed by atoms with van der Waals surface area (Å²) in [5.41, 5.74) is 0.907. The Hall–Kier alpha value is -1.53. The Labute approximate surface area is 178 Å². The standard InChI is InChI=1S/C19H29N3O6S2/c1-3-13-29(24,25)22-8-4-5-17(22)19(23)20-16-7-6-15(2)18(14-16)30(26,27)21-9-11-28-12-10-21/h6-7,14,17H,3-5,8-13H2,1-2H3,(H,20,23). The molecule has 0 radical (unpaired) electrons. The number of carbonyl (C=O) groups is 1. The van der Waals surface area contributed by atoms with Crippen LogP contribution in [0.25, 0.3) is 0 Å². The molecule has 3 rings (SSSR count). The molecule has 2 fully saturated rings. The minimum absolute atomic E-state index is 0.00323. The monoisotopic (exact) mass is 459 g/mol. The Morgan fingerprint density at radius 1 is 1.17 bits per heavy atom. The number of ether oxygens (including phenoxy) is 1. The van der Waals surface area contributed by atoms with Crippen LogP contribution in [0.2, 0.25) is 0 Å². The van der Waals surface area contributed by atoms with Gasteiger partial charge in [0, 0.05) is 25.3 Å². The van der Waals surface area contributed by atoms with E-state index in [-0.39, 0.29) is 23.7 Å². The second kappa shape index (κ2) is 9.31. The number of aryl methyl sites for hydroxylation is 1. The molecule has 1 unspecified atom stereocenters. The summed E-state index contributed by atoms with van der Waals surface area (Å²) in [7, 11) is -7.21. The number of hydrogen-bond donors (Lipinski definition) is 1. The maximum absolute atomic E-state index is 13.0. The summed E-state index contributed by atoms with van der Waals surface area (Å²) in [5, 5.41) is 2.72. The molecule has 11 heteroatoms. The van der Waals surface area contributed by atoms with Crippen LogP contribution >= 0.6 is 0 Å². The average molecular weight is 460 g/mol. The summed E-state index contributed by atoms with van der Waals surface area (Å²) >= 11 is 0. The minimum Gasteiger partial charge on any atom is -0.379 e. The zero-order chi connectivity index (χ0) is 21.9. The largest absolute Gasteiger partial charge is 0.379 e. The van der Waals surface area contributed by atoms with Crippen LogP contribution in [0.4, 0.5) is 5.69 Å². The highest BCUT2D eigenvalue weighted by atomic mass is 32.2. The van der Waals surface area contributed by atoms with E-state index in [1.165, 1.54) is 14.7 Å². The van der Waals surface area contributed by atoms with Gasteiger partial charge in [-0.3, -0.25) is 4.79 Å². The van der Waals surface area contributed by atoms with Crippen molar-refractivity contribution in [2.45, 2.75) is 44.0 Å². The lowest BCUT2D eigenvalue weighted by molar-refractivity contribution is -0.119. The molecule has 2 aliphatic rings. The first kappa shape index (κ1) is 23.1. The van der Waals surface area contributed by atoms with E-state index in [0.717, 1.165) is 0 Å². The highest BCUT2D eigenvalue weighted by Gasteiger charge is 2.38. The molecule has 2 saturated heterocycles. The van der Waals surface area contributed by atoms with E-state index in [9.17, 15) is 21.6 Å². The van der Waals surface area contributed by atoms with Crippen molar-refractivity contribution < 1.29 is 26.4 Å². The maximum Gasteiger partial charge on any atom is 0.243 e. The second-order valence-electron chi connectivity index (χ2n) is 7.57. The molecule has 1 aromatic carbocycles. The van der Waals surface area contributed by atoms with Crippen molar-refractivity contribution in [2.24, 2.45) is 0 Å². The highest BCUT2D eigenvalue weighted by molar-refractivity contribution is 7.89. The number of nitrogens with one attached hydrogen (secondary N) is 1. The Kier molecular flexibility index (Phi) is 7.18. The third kappa shape index (κ3) is 4.86. The number of carbonyl (C=O) groups excluding carboxylic acids is 1. The van der Waals surface area contributed by atoms with E-state index >= 15 is 0 Å². The van der Waals surface area contributed by atoms with E-state index in [0.29, 0.717) is 50.3 Å². The topological polar surface area (TPSA) is 113 Å². The number of morpholine rings is 1. The van der Waals surface area contributed by atoms with Gasteiger partial charge in [-0.1, -0.05) is 13.0 Å². The van der Waals surface area contributed by atoms with E-state index in [2.05, 4.69) is 5.32 Å². The Bertz CT molecular complexity index is 988. The van der Waals surface area contributed by atoms with Crippen LogP contribution in [-0.2, 0) is 29.6 Å². The lowest BCUT2D eigenvalue weighted by Gasteiger charge is -2.27. The summed E-state index contributed by atoms with van der Waals surface area (Å²) in [5.74, 6) is -0.436. The molecule has 2 heterocycles. The van der Waals surface area contributed by atoms with Crippen molar-refractivity contribution in [3.05, 3.63) is 23.8 Å². The van der Waals surface area contributed by atoms with E-state index in [1.807, 2.05) is 0 Å². The molecule has 30 heavy (non-hydrogen) atoms. The number of nitrogens with zero attached hydrogens (tertiary/aromatic N) is 2. The highest BCUT2D eigenvalue weighted by Crippen LogP contribution is 2.26. The van der Waals surface area contributed by atoms with Gasteiger partial charge in [-0.25, -0.2) is 16.8 Å². The Morgan fingerprint density at radius 3 is 2.53 bits per heavy atom. The van der Waals surface area contributed by atoms with Gasteiger partial charge in [-0.2, -0.15) is 8.61 Å². The first-order valence-corrected chi connectivity index (χ1v) is 13.2. The molecule has 1 amide bonds. The van der Waals surface area contributed by atoms with Gasteiger partial charge in [0.2, 0.25) is 26.0 Å². The smallest absolute Gasteiger partial charge is 0.243 e. The molecule has 0 aromatic heterocycles. The molecule has 0 spiro atoms. The van der Waals surface area contributed by atoms with Crippen LogP contribution in [0.3, 0.4) is 0 Å². The Balaban J connectivity index is 1.80. The summed E-state index contributed by atoms with van der Waals surface area (Å²) < 4.78 is 58.8. The van der Waals surface area contributed by atoms with Gasteiger partial charge >= 0.3 is 0 Å². The SMILES string of the molecule is CCCS(=O)(=O)N1CCCC1C(=O)Nc1ccc(C)c(S(=O)(=O)N2CCOCC2)c1. The quantitative estimate of drug-likeness (QED) is 0.655. The van der Waals surface area contributed by atoms with Gasteiger partial charge in [0.15, 0.2) is 0 Å². The normalized spacial score (nSPS) is 21.6. The first-order chi connectivity index (χ1) is 14.2. The van der Waals surface area contributed by atoms with Crippen LogP contribution in [0.5, 0.6) is 0 Å². The number of sulfonamides is 2. The maximum atomic E-state index is 13.0. The van der Waals surface area contributed by atoms with E-state index in [1.54, 1.807) is 26.0 Å². The molecular formula is C19H29N3O6S2. The van der Waals surface area contributed by atoms with Gasteiger partial charge in [0.25, 0.3) is 0 Å². The molecule has 1 aromatic rings. The van der Waals surface area contributed by atoms with Gasteiger partial charge in [0.05, 0.1) is 23.9 Å². The predicted octanol–water partition coefficient (Wildman–Crippen LogP) is 1.16. The van der Waals surface area contributed by atoms with Crippen molar-refractivity contribution in [3.8, 4) is 0 Å². The molecule has 1 atom stereocenters. The summed E-state index contributed by atoms with van der Waals surface area (Å²) in [6.07, 6.45) is 1.54. The van der Waals surface area contributed by atoms with Crippen molar-refractivity contribution >= 4 is 31.6 Å². The fourth-order valence-electron chi connectivity index (χ4n) is 3.82. The summed E-state index contributed by atoms with van der Waals surface area (Å²) in [4.78, 5) is 13.0. The first-order valence-electron chi connectivity index (χ1n) is 10.2. The van der Waals surface area contributed by atoms with Crippen LogP contribution in [0, 0.1) is 6.92 Å². The number of rotatable bonds is 7. The predicted molar refractivity (Wildman–Crippen MR) is 113 cm³/mol. The molecule has 0 aliphatic carbocycles. The summed E-state index contributed by atoms with van der Waals surface area (Å²) in [6.45, 7) is 5.07. The van der Waals surface area contributed by atoms with Gasteiger partial charge in [-0.15, -0.1) is 0 Å². The van der Waals surface area contributed by atoms with Crippen LogP contribution in [0.1, 0.15) is 31.7 Å². The van der Waals surface area contributed by atoms with Gasteiger partial charge in [-0.05, 0) is 43.9 Å². The molecule has 0 bridgehead atoms. The zero-order valence-corrected chi connectivity index (χ0v) is 19.0. The second-order valence-corrected chi connectivity index (χ2v) is 11.5. The van der Waals surface area contributed by atoms with Crippen molar-refractivity contribution in [1.29, 1.82) is 0 Å². The fourth-order valence-corrected chi connectivity index (χ4v) is 7.22. The number of hydrogen-bond acceptors (Lipinski definition) is 6. The third-order valence-electron chi connectivity index (χ3n) is 5.37. The van der Waals surface area contributed by atoms with Crippen molar-refractivity contribution in [2.75, 3.05) is 43.9 Å². The lowest BCUT2D eigenvalue weighted by Crippen LogP contribution is -2.44. The van der Waals surface area contributed by atoms with Crippen molar-refractivity contribution in [3.63, 3.8) is 0 Å².